The predicted octanol–water partition coefficient (Wildman–Crippen LogP) is 3.13. The average molecular weight is 392 g/mol. The highest BCUT2D eigenvalue weighted by Crippen LogP contribution is 2.30. The van der Waals surface area contributed by atoms with Gasteiger partial charge < -0.3 is 19.5 Å². The summed E-state index contributed by atoms with van der Waals surface area (Å²) in [5.41, 5.74) is 0.726. The Balaban J connectivity index is 2.27. The number of nitrogens with zero attached hydrogens (tertiary/aromatic N) is 1. The molecule has 0 atom stereocenters. The van der Waals surface area contributed by atoms with Crippen molar-refractivity contribution in [2.45, 2.75) is 0 Å². The highest BCUT2D eigenvalue weighted by Gasteiger charge is 2.17. The maximum absolute atomic E-state index is 12.5. The van der Waals surface area contributed by atoms with E-state index in [4.69, 9.17) is 14.2 Å². The van der Waals surface area contributed by atoms with E-state index >= 15 is 0 Å². The van der Waals surface area contributed by atoms with Crippen molar-refractivity contribution >= 4 is 18.0 Å². The van der Waals surface area contributed by atoms with Gasteiger partial charge in [-0.15, -0.1) is 6.58 Å². The van der Waals surface area contributed by atoms with Gasteiger partial charge >= 0.3 is 5.97 Å². The van der Waals surface area contributed by atoms with Crippen LogP contribution in [0.25, 0.3) is 6.08 Å². The van der Waals surface area contributed by atoms with Crippen molar-refractivity contribution in [3.8, 4) is 23.3 Å². The first kappa shape index (κ1) is 21.3. The number of para-hydroxylation sites is 1. The molecule has 1 N–H and O–H groups in total. The molecule has 0 aliphatic carbocycles. The number of esters is 1. The molecule has 148 valence electrons. The van der Waals surface area contributed by atoms with Crippen LogP contribution in [0.15, 0.2) is 60.7 Å². The van der Waals surface area contributed by atoms with Gasteiger partial charge in [0.1, 0.15) is 23.0 Å². The largest absolute Gasteiger partial charge is 0.496 e. The molecule has 0 aromatic heterocycles. The van der Waals surface area contributed by atoms with Crippen molar-refractivity contribution in [2.24, 2.45) is 0 Å². The van der Waals surface area contributed by atoms with E-state index in [0.717, 1.165) is 0 Å². The Labute approximate surface area is 168 Å². The number of carbonyl (C=O) groups is 2. The first-order valence-electron chi connectivity index (χ1n) is 8.58. The number of ether oxygens (including phenoxy) is 3. The van der Waals surface area contributed by atoms with E-state index < -0.39 is 11.9 Å². The van der Waals surface area contributed by atoms with Gasteiger partial charge in [0.15, 0.2) is 11.5 Å². The van der Waals surface area contributed by atoms with Crippen LogP contribution in [0.1, 0.15) is 15.9 Å². The van der Waals surface area contributed by atoms with Crippen LogP contribution in [0, 0.1) is 11.3 Å². The van der Waals surface area contributed by atoms with Gasteiger partial charge in [0.05, 0.1) is 14.2 Å². The van der Waals surface area contributed by atoms with Crippen LogP contribution in [-0.2, 0) is 4.79 Å². The Morgan fingerprint density at radius 3 is 2.48 bits per heavy atom. The third-order valence-corrected chi connectivity index (χ3v) is 3.80. The lowest BCUT2D eigenvalue weighted by Crippen LogP contribution is -2.24. The molecule has 29 heavy (non-hydrogen) atoms. The summed E-state index contributed by atoms with van der Waals surface area (Å²) in [6, 6.07) is 13.2. The van der Waals surface area contributed by atoms with Crippen LogP contribution >= 0.6 is 0 Å². The number of amides is 1. The van der Waals surface area contributed by atoms with Crippen molar-refractivity contribution < 1.29 is 23.8 Å². The predicted molar refractivity (Wildman–Crippen MR) is 108 cm³/mol. The van der Waals surface area contributed by atoms with Gasteiger partial charge in [-0.25, -0.2) is 4.79 Å². The monoisotopic (exact) mass is 392 g/mol. The van der Waals surface area contributed by atoms with E-state index in [-0.39, 0.29) is 29.2 Å². The molecule has 0 fully saturated rings. The molecular weight excluding hydrogens is 372 g/mol. The maximum atomic E-state index is 12.5. The number of nitrogens with one attached hydrogen (secondary N) is 1. The van der Waals surface area contributed by atoms with Crippen molar-refractivity contribution in [3.05, 3.63) is 71.8 Å². The molecular formula is C22H20N2O5. The summed E-state index contributed by atoms with van der Waals surface area (Å²) in [4.78, 5) is 24.4. The molecule has 0 heterocycles. The zero-order valence-corrected chi connectivity index (χ0v) is 16.1. The molecule has 1 amide bonds. The normalized spacial score (nSPS) is 10.4. The van der Waals surface area contributed by atoms with Crippen LogP contribution in [0.3, 0.4) is 0 Å². The Kier molecular flexibility index (Phi) is 7.57. The van der Waals surface area contributed by atoms with E-state index in [1.807, 2.05) is 6.07 Å². The molecule has 7 nitrogen and oxygen atoms in total. The lowest BCUT2D eigenvalue weighted by molar-refractivity contribution is -0.116. The van der Waals surface area contributed by atoms with Gasteiger partial charge in [0.2, 0.25) is 0 Å². The fraction of sp³-hybridized carbons (Fsp3) is 0.136. The number of carbonyl (C=O) groups excluding carboxylic acids is 2. The standard InChI is InChI=1S/C22H20N2O5/c1-4-11-24-21(25)16(14-23)12-15-9-10-19(20(13-15)28-3)29-22(26)17-7-5-6-8-18(17)27-2/h4-10,12-13H,1,11H2,2-3H3,(H,24,25). The van der Waals surface area contributed by atoms with E-state index in [2.05, 4.69) is 11.9 Å². The van der Waals surface area contributed by atoms with Gasteiger partial charge in [-0.2, -0.15) is 5.26 Å². The minimum Gasteiger partial charge on any atom is -0.496 e. The smallest absolute Gasteiger partial charge is 0.347 e. The van der Waals surface area contributed by atoms with Crippen LogP contribution in [0.5, 0.6) is 17.2 Å². The third kappa shape index (κ3) is 5.47. The summed E-state index contributed by atoms with van der Waals surface area (Å²) in [5.74, 6) is -0.273. The maximum Gasteiger partial charge on any atom is 0.347 e. The molecule has 2 rings (SSSR count). The molecule has 7 heteroatoms. The number of hydrogen-bond acceptors (Lipinski definition) is 6. The molecule has 0 radical (unpaired) electrons. The lowest BCUT2D eigenvalue weighted by Gasteiger charge is -2.12. The molecule has 2 aromatic carbocycles. The number of nitriles is 1. The van der Waals surface area contributed by atoms with E-state index in [9.17, 15) is 14.9 Å². The minimum absolute atomic E-state index is 0.0762. The average Bonchev–Trinajstić information content (AvgIpc) is 2.76. The second-order valence-corrected chi connectivity index (χ2v) is 5.67. The zero-order valence-electron chi connectivity index (χ0n) is 16.1. The first-order chi connectivity index (χ1) is 14.0. The molecule has 0 aliphatic rings. The fourth-order valence-corrected chi connectivity index (χ4v) is 2.40. The van der Waals surface area contributed by atoms with Crippen LogP contribution < -0.4 is 19.5 Å². The van der Waals surface area contributed by atoms with Gasteiger partial charge in [0.25, 0.3) is 5.91 Å². The van der Waals surface area contributed by atoms with Gasteiger partial charge in [0, 0.05) is 6.54 Å². The van der Waals surface area contributed by atoms with Crippen molar-refractivity contribution in [3.63, 3.8) is 0 Å². The van der Waals surface area contributed by atoms with Gasteiger partial charge in [-0.1, -0.05) is 24.3 Å². The minimum atomic E-state index is -0.606. The van der Waals surface area contributed by atoms with Crippen LogP contribution in [-0.4, -0.2) is 32.6 Å². The first-order valence-corrected chi connectivity index (χ1v) is 8.58. The highest BCUT2D eigenvalue weighted by molar-refractivity contribution is 6.01. The van der Waals surface area contributed by atoms with E-state index in [0.29, 0.717) is 11.3 Å². The summed E-state index contributed by atoms with van der Waals surface area (Å²) >= 11 is 0. The Morgan fingerprint density at radius 2 is 1.83 bits per heavy atom. The Hall–Kier alpha value is -4.05. The van der Waals surface area contributed by atoms with E-state index in [1.165, 1.54) is 32.4 Å². The van der Waals surface area contributed by atoms with Crippen molar-refractivity contribution in [1.82, 2.24) is 5.32 Å². The van der Waals surface area contributed by atoms with Crippen molar-refractivity contribution in [1.29, 1.82) is 5.26 Å². The summed E-state index contributed by atoms with van der Waals surface area (Å²) < 4.78 is 15.9. The second-order valence-electron chi connectivity index (χ2n) is 5.67. The summed E-state index contributed by atoms with van der Waals surface area (Å²) in [6.45, 7) is 3.76. The molecule has 0 bridgehead atoms. The quantitative estimate of drug-likeness (QED) is 0.244. The molecule has 0 saturated heterocycles. The number of rotatable bonds is 8. The Bertz CT molecular complexity index is 989. The van der Waals surface area contributed by atoms with Gasteiger partial charge in [-0.05, 0) is 35.9 Å². The number of hydrogen-bond donors (Lipinski definition) is 1. The molecule has 0 spiro atoms. The Morgan fingerprint density at radius 1 is 1.10 bits per heavy atom. The molecule has 0 saturated carbocycles. The van der Waals surface area contributed by atoms with Crippen LogP contribution in [0.4, 0.5) is 0 Å². The molecule has 0 aliphatic heterocycles. The summed E-state index contributed by atoms with van der Waals surface area (Å²) in [7, 11) is 2.89. The zero-order chi connectivity index (χ0) is 21.2. The topological polar surface area (TPSA) is 97.7 Å². The lowest BCUT2D eigenvalue weighted by atomic mass is 10.1. The number of methoxy groups -OCH3 is 2. The molecule has 0 unspecified atom stereocenters. The summed E-state index contributed by atoms with van der Waals surface area (Å²) in [6.07, 6.45) is 2.92. The summed E-state index contributed by atoms with van der Waals surface area (Å²) in [5, 5.41) is 11.8. The second kappa shape index (κ2) is 10.3. The number of benzene rings is 2. The van der Waals surface area contributed by atoms with Gasteiger partial charge in [-0.3, -0.25) is 4.79 Å². The highest BCUT2D eigenvalue weighted by atomic mass is 16.6. The van der Waals surface area contributed by atoms with Crippen LogP contribution in [0.2, 0.25) is 0 Å². The fourth-order valence-electron chi connectivity index (χ4n) is 2.40. The SMILES string of the molecule is C=CCNC(=O)C(C#N)=Cc1ccc(OC(=O)c2ccccc2OC)c(OC)c1. The third-order valence-electron chi connectivity index (χ3n) is 3.80. The molecule has 2 aromatic rings. The van der Waals surface area contributed by atoms with E-state index in [1.54, 1.807) is 36.4 Å². The van der Waals surface area contributed by atoms with Crippen molar-refractivity contribution in [2.75, 3.05) is 20.8 Å².